The Bertz CT molecular complexity index is 592. The summed E-state index contributed by atoms with van der Waals surface area (Å²) >= 11 is 6.10. The maximum Gasteiger partial charge on any atom is 0.204 e. The van der Waals surface area contributed by atoms with E-state index in [1.54, 1.807) is 25.3 Å². The summed E-state index contributed by atoms with van der Waals surface area (Å²) in [5.74, 6) is 1.72. The van der Waals surface area contributed by atoms with Crippen molar-refractivity contribution in [2.75, 3.05) is 25.3 Å². The molecule has 100 valence electrons. The zero-order valence-corrected chi connectivity index (χ0v) is 11.2. The molecule has 0 atom stereocenters. The number of nitrogens with two attached hydrogens (primary N) is 1. The third-order valence-electron chi connectivity index (χ3n) is 2.46. The molecule has 1 aromatic heterocycles. The summed E-state index contributed by atoms with van der Waals surface area (Å²) in [4.78, 5) is 7.93. The fraction of sp³-hybridized carbons (Fsp3) is 0.167. The molecule has 0 aliphatic carbocycles. The highest BCUT2D eigenvalue weighted by Gasteiger charge is 2.11. The van der Waals surface area contributed by atoms with Crippen LogP contribution in [0.1, 0.15) is 0 Å². The zero-order chi connectivity index (χ0) is 13.8. The predicted octanol–water partition coefficient (Wildman–Crippen LogP) is 2.47. The van der Waals surface area contributed by atoms with E-state index in [9.17, 15) is 0 Å². The van der Waals surface area contributed by atoms with Gasteiger partial charge in [0.05, 0.1) is 24.9 Å². The molecule has 19 heavy (non-hydrogen) atoms. The Balaban J connectivity index is 2.38. The molecule has 2 aromatic rings. The van der Waals surface area contributed by atoms with E-state index in [1.807, 2.05) is 0 Å². The second-order valence-corrected chi connectivity index (χ2v) is 4.02. The van der Waals surface area contributed by atoms with Gasteiger partial charge in [0.2, 0.25) is 5.75 Å². The van der Waals surface area contributed by atoms with Crippen molar-refractivity contribution in [3.8, 4) is 11.5 Å². The highest BCUT2D eigenvalue weighted by atomic mass is 35.5. The van der Waals surface area contributed by atoms with Crippen LogP contribution < -0.4 is 20.5 Å². The van der Waals surface area contributed by atoms with E-state index in [4.69, 9.17) is 26.8 Å². The number of nitrogen functional groups attached to an aromatic ring is 1. The lowest BCUT2D eigenvalue weighted by atomic mass is 10.3. The van der Waals surface area contributed by atoms with Crippen LogP contribution >= 0.6 is 11.6 Å². The number of nitrogens with zero attached hydrogens (tertiary/aromatic N) is 2. The van der Waals surface area contributed by atoms with Crippen molar-refractivity contribution in [2.45, 2.75) is 0 Å². The molecule has 0 fully saturated rings. The first-order chi connectivity index (χ1) is 9.15. The van der Waals surface area contributed by atoms with Gasteiger partial charge in [-0.05, 0) is 12.1 Å². The number of hydrogen-bond donors (Lipinski definition) is 2. The van der Waals surface area contributed by atoms with Gasteiger partial charge in [0.15, 0.2) is 11.6 Å². The minimum atomic E-state index is 0.249. The lowest BCUT2D eigenvalue weighted by Crippen LogP contribution is -2.03. The van der Waals surface area contributed by atoms with Gasteiger partial charge in [0.25, 0.3) is 0 Å². The molecule has 0 spiro atoms. The van der Waals surface area contributed by atoms with Crippen LogP contribution in [-0.4, -0.2) is 24.2 Å². The minimum absolute atomic E-state index is 0.249. The number of aromatic nitrogens is 2. The second-order valence-electron chi connectivity index (χ2n) is 3.61. The number of hydrogen-bond acceptors (Lipinski definition) is 6. The molecule has 0 radical (unpaired) electrons. The minimum Gasteiger partial charge on any atom is -0.497 e. The van der Waals surface area contributed by atoms with Gasteiger partial charge in [-0.25, -0.2) is 9.97 Å². The summed E-state index contributed by atoms with van der Waals surface area (Å²) in [6.07, 6.45) is 1.34. The topological polar surface area (TPSA) is 82.3 Å². The lowest BCUT2D eigenvalue weighted by molar-refractivity contribution is 0.414. The molecule has 0 unspecified atom stereocenters. The fourth-order valence-electron chi connectivity index (χ4n) is 1.53. The predicted molar refractivity (Wildman–Crippen MR) is 74.3 cm³/mol. The summed E-state index contributed by atoms with van der Waals surface area (Å²) in [5.41, 5.74) is 6.34. The molecule has 2 rings (SSSR count). The maximum absolute atomic E-state index is 6.10. The normalized spacial score (nSPS) is 10.1. The summed E-state index contributed by atoms with van der Waals surface area (Å²) < 4.78 is 10.3. The van der Waals surface area contributed by atoms with E-state index < -0.39 is 0 Å². The van der Waals surface area contributed by atoms with E-state index in [2.05, 4.69) is 15.3 Å². The second kappa shape index (κ2) is 5.62. The lowest BCUT2D eigenvalue weighted by Gasteiger charge is -2.12. The first-order valence-corrected chi connectivity index (χ1v) is 5.78. The number of ether oxygens (including phenoxy) is 2. The van der Waals surface area contributed by atoms with Gasteiger partial charge in [0.1, 0.15) is 12.1 Å². The van der Waals surface area contributed by atoms with Crippen LogP contribution in [0.4, 0.5) is 17.3 Å². The molecule has 0 saturated heterocycles. The standard InChI is InChI=1S/C12H13ClN4O2/c1-18-7-3-4-8(13)9(5-7)17-12-10(19-2)11(14)15-6-16-12/h3-6H,1-2H3,(H3,14,15,16,17). The number of anilines is 3. The smallest absolute Gasteiger partial charge is 0.204 e. The van der Waals surface area contributed by atoms with Crippen molar-refractivity contribution < 1.29 is 9.47 Å². The number of benzene rings is 1. The van der Waals surface area contributed by atoms with E-state index in [0.29, 0.717) is 28.0 Å². The van der Waals surface area contributed by atoms with Crippen LogP contribution in [0.25, 0.3) is 0 Å². The molecule has 6 nitrogen and oxygen atoms in total. The van der Waals surface area contributed by atoms with Gasteiger partial charge in [-0.15, -0.1) is 0 Å². The third-order valence-corrected chi connectivity index (χ3v) is 2.79. The number of nitrogens with one attached hydrogen (secondary N) is 1. The van der Waals surface area contributed by atoms with E-state index in [0.717, 1.165) is 0 Å². The summed E-state index contributed by atoms with van der Waals surface area (Å²) in [5, 5.41) is 3.57. The van der Waals surface area contributed by atoms with Gasteiger partial charge < -0.3 is 20.5 Å². The molecule has 1 heterocycles. The van der Waals surface area contributed by atoms with Crippen molar-refractivity contribution in [2.24, 2.45) is 0 Å². The first-order valence-electron chi connectivity index (χ1n) is 5.40. The molecule has 0 bridgehead atoms. The van der Waals surface area contributed by atoms with Gasteiger partial charge in [0, 0.05) is 6.07 Å². The van der Waals surface area contributed by atoms with Crippen LogP contribution in [0.3, 0.4) is 0 Å². The van der Waals surface area contributed by atoms with E-state index in [1.165, 1.54) is 13.4 Å². The van der Waals surface area contributed by atoms with Crippen molar-refractivity contribution in [3.63, 3.8) is 0 Å². The zero-order valence-electron chi connectivity index (χ0n) is 10.5. The van der Waals surface area contributed by atoms with Crippen LogP contribution in [0.5, 0.6) is 11.5 Å². The Hall–Kier alpha value is -2.21. The highest BCUT2D eigenvalue weighted by molar-refractivity contribution is 6.33. The summed E-state index contributed by atoms with van der Waals surface area (Å²) in [7, 11) is 3.07. The summed E-state index contributed by atoms with van der Waals surface area (Å²) in [6, 6.07) is 5.24. The van der Waals surface area contributed by atoms with Crippen molar-refractivity contribution in [3.05, 3.63) is 29.5 Å². The molecule has 0 aliphatic heterocycles. The van der Waals surface area contributed by atoms with Gasteiger partial charge in [-0.1, -0.05) is 11.6 Å². The molecule has 0 amide bonds. The first kappa shape index (κ1) is 13.2. The third kappa shape index (κ3) is 2.79. The largest absolute Gasteiger partial charge is 0.497 e. The van der Waals surface area contributed by atoms with Crippen LogP contribution in [0.2, 0.25) is 5.02 Å². The number of methoxy groups -OCH3 is 2. The molecule has 3 N–H and O–H groups in total. The quantitative estimate of drug-likeness (QED) is 0.895. The van der Waals surface area contributed by atoms with Crippen molar-refractivity contribution in [1.82, 2.24) is 9.97 Å². The molecule has 0 aliphatic rings. The van der Waals surface area contributed by atoms with Gasteiger partial charge in [-0.3, -0.25) is 0 Å². The number of halogens is 1. The molecule has 1 aromatic carbocycles. The van der Waals surface area contributed by atoms with Crippen LogP contribution in [-0.2, 0) is 0 Å². The SMILES string of the molecule is COc1ccc(Cl)c(Nc2ncnc(N)c2OC)c1. The van der Waals surface area contributed by atoms with Crippen molar-refractivity contribution >= 4 is 28.9 Å². The molecule has 0 saturated carbocycles. The van der Waals surface area contributed by atoms with E-state index in [-0.39, 0.29) is 5.82 Å². The Labute approximate surface area is 115 Å². The Morgan fingerprint density at radius 2 is 2.00 bits per heavy atom. The average molecular weight is 281 g/mol. The van der Waals surface area contributed by atoms with Gasteiger partial charge in [-0.2, -0.15) is 0 Å². The van der Waals surface area contributed by atoms with Crippen molar-refractivity contribution in [1.29, 1.82) is 0 Å². The average Bonchev–Trinajstić information content (AvgIpc) is 2.41. The highest BCUT2D eigenvalue weighted by Crippen LogP contribution is 2.33. The Morgan fingerprint density at radius 3 is 2.68 bits per heavy atom. The summed E-state index contributed by atoms with van der Waals surface area (Å²) in [6.45, 7) is 0. The fourth-order valence-corrected chi connectivity index (χ4v) is 1.70. The van der Waals surface area contributed by atoms with Crippen LogP contribution in [0, 0.1) is 0 Å². The van der Waals surface area contributed by atoms with Gasteiger partial charge >= 0.3 is 0 Å². The van der Waals surface area contributed by atoms with E-state index >= 15 is 0 Å². The Kier molecular flexibility index (Phi) is 3.91. The molecular formula is C12H13ClN4O2. The Morgan fingerprint density at radius 1 is 1.21 bits per heavy atom. The maximum atomic E-state index is 6.10. The van der Waals surface area contributed by atoms with Crippen LogP contribution in [0.15, 0.2) is 24.5 Å². The molecular weight excluding hydrogens is 268 g/mol. The molecule has 7 heteroatoms. The number of rotatable bonds is 4. The monoisotopic (exact) mass is 280 g/mol.